The molecule has 6 heteroatoms. The Bertz CT molecular complexity index is 626. The molecule has 2 aromatic heterocycles. The number of hydrogen-bond acceptors (Lipinski definition) is 5. The predicted molar refractivity (Wildman–Crippen MR) is 72.8 cm³/mol. The standard InChI is InChI=1S/C13H13N3O2S/c1-8-9-3-7-19-10(9)2-6-16(8)12-11(13(17)18)14-4-5-15-12/h3-5,7-8H,2,6H2,1H3,(H,17,18). The number of aromatic nitrogens is 2. The summed E-state index contributed by atoms with van der Waals surface area (Å²) in [6.07, 6.45) is 3.88. The molecule has 0 amide bonds. The zero-order valence-corrected chi connectivity index (χ0v) is 11.2. The average Bonchev–Trinajstić information content (AvgIpc) is 2.88. The summed E-state index contributed by atoms with van der Waals surface area (Å²) in [5.41, 5.74) is 1.28. The summed E-state index contributed by atoms with van der Waals surface area (Å²) >= 11 is 1.76. The van der Waals surface area contributed by atoms with Crippen LogP contribution in [0.4, 0.5) is 5.82 Å². The highest BCUT2D eigenvalue weighted by molar-refractivity contribution is 7.10. The first kappa shape index (κ1) is 12.1. The molecule has 0 saturated carbocycles. The van der Waals surface area contributed by atoms with Gasteiger partial charge in [0.2, 0.25) is 0 Å². The Kier molecular flexibility index (Phi) is 2.94. The first-order valence-electron chi connectivity index (χ1n) is 6.05. The van der Waals surface area contributed by atoms with Crippen LogP contribution in [0.1, 0.15) is 33.9 Å². The molecular formula is C13H13N3O2S. The molecule has 1 aliphatic rings. The Morgan fingerprint density at radius 1 is 1.47 bits per heavy atom. The van der Waals surface area contributed by atoms with Crippen molar-refractivity contribution in [1.82, 2.24) is 9.97 Å². The van der Waals surface area contributed by atoms with Crippen molar-refractivity contribution in [3.05, 3.63) is 40.0 Å². The van der Waals surface area contributed by atoms with E-state index in [0.29, 0.717) is 5.82 Å². The lowest BCUT2D eigenvalue weighted by molar-refractivity contribution is 0.0690. The van der Waals surface area contributed by atoms with Crippen molar-refractivity contribution in [2.24, 2.45) is 0 Å². The highest BCUT2D eigenvalue weighted by Gasteiger charge is 2.29. The lowest BCUT2D eigenvalue weighted by Crippen LogP contribution is -2.35. The van der Waals surface area contributed by atoms with E-state index in [0.717, 1.165) is 13.0 Å². The van der Waals surface area contributed by atoms with Gasteiger partial charge in [0.05, 0.1) is 6.04 Å². The number of carboxylic acids is 1. The highest BCUT2D eigenvalue weighted by Crippen LogP contribution is 2.35. The number of anilines is 1. The fourth-order valence-corrected chi connectivity index (χ4v) is 3.45. The summed E-state index contributed by atoms with van der Waals surface area (Å²) < 4.78 is 0. The van der Waals surface area contributed by atoms with Crippen molar-refractivity contribution in [3.63, 3.8) is 0 Å². The van der Waals surface area contributed by atoms with Gasteiger partial charge < -0.3 is 10.0 Å². The number of carbonyl (C=O) groups is 1. The van der Waals surface area contributed by atoms with Crippen molar-refractivity contribution >= 4 is 23.1 Å². The fourth-order valence-electron chi connectivity index (χ4n) is 2.49. The normalized spacial score (nSPS) is 18.2. The monoisotopic (exact) mass is 275 g/mol. The SMILES string of the molecule is CC1c2ccsc2CCN1c1nccnc1C(=O)O. The molecule has 0 fully saturated rings. The van der Waals surface area contributed by atoms with Crippen LogP contribution in [0.15, 0.2) is 23.8 Å². The molecule has 0 saturated heterocycles. The van der Waals surface area contributed by atoms with Gasteiger partial charge in [0.15, 0.2) is 11.5 Å². The van der Waals surface area contributed by atoms with Crippen LogP contribution in [0.5, 0.6) is 0 Å². The molecule has 0 radical (unpaired) electrons. The maximum atomic E-state index is 11.2. The van der Waals surface area contributed by atoms with Gasteiger partial charge in [-0.25, -0.2) is 14.8 Å². The van der Waals surface area contributed by atoms with Crippen molar-refractivity contribution in [3.8, 4) is 0 Å². The lowest BCUT2D eigenvalue weighted by atomic mass is 10.0. The van der Waals surface area contributed by atoms with E-state index in [9.17, 15) is 9.90 Å². The minimum Gasteiger partial charge on any atom is -0.476 e. The van der Waals surface area contributed by atoms with Crippen molar-refractivity contribution in [2.75, 3.05) is 11.4 Å². The zero-order valence-electron chi connectivity index (χ0n) is 10.4. The van der Waals surface area contributed by atoms with Gasteiger partial charge in [0.25, 0.3) is 0 Å². The fraction of sp³-hybridized carbons (Fsp3) is 0.308. The second-order valence-electron chi connectivity index (χ2n) is 4.45. The van der Waals surface area contributed by atoms with Gasteiger partial charge in [-0.1, -0.05) is 0 Å². The maximum absolute atomic E-state index is 11.2. The second kappa shape index (κ2) is 4.62. The van der Waals surface area contributed by atoms with E-state index >= 15 is 0 Å². The molecule has 1 unspecified atom stereocenters. The van der Waals surface area contributed by atoms with Gasteiger partial charge in [0, 0.05) is 23.8 Å². The number of nitrogens with zero attached hydrogens (tertiary/aromatic N) is 3. The van der Waals surface area contributed by atoms with Gasteiger partial charge >= 0.3 is 5.97 Å². The van der Waals surface area contributed by atoms with Crippen LogP contribution >= 0.6 is 11.3 Å². The van der Waals surface area contributed by atoms with E-state index in [1.165, 1.54) is 22.8 Å². The minimum absolute atomic E-state index is 0.0213. The number of rotatable bonds is 2. The Labute approximate surface area is 114 Å². The Morgan fingerprint density at radius 2 is 2.26 bits per heavy atom. The smallest absolute Gasteiger partial charge is 0.358 e. The highest BCUT2D eigenvalue weighted by atomic mass is 32.1. The Hall–Kier alpha value is -1.95. The number of thiophene rings is 1. The predicted octanol–water partition coefficient (Wildman–Crippen LogP) is 2.36. The van der Waals surface area contributed by atoms with Crippen LogP contribution in [0.2, 0.25) is 0 Å². The molecule has 0 spiro atoms. The van der Waals surface area contributed by atoms with E-state index in [4.69, 9.17) is 0 Å². The Balaban J connectivity index is 2.03. The van der Waals surface area contributed by atoms with Crippen LogP contribution < -0.4 is 4.90 Å². The molecule has 0 aliphatic carbocycles. The molecule has 3 heterocycles. The first-order chi connectivity index (χ1) is 9.18. The van der Waals surface area contributed by atoms with E-state index in [1.807, 2.05) is 4.90 Å². The van der Waals surface area contributed by atoms with Gasteiger partial charge in [-0.15, -0.1) is 11.3 Å². The summed E-state index contributed by atoms with van der Waals surface area (Å²) in [4.78, 5) is 22.8. The van der Waals surface area contributed by atoms with Gasteiger partial charge in [-0.05, 0) is 30.4 Å². The molecule has 98 valence electrons. The molecular weight excluding hydrogens is 262 g/mol. The van der Waals surface area contributed by atoms with Gasteiger partial charge in [-0.2, -0.15) is 0 Å². The van der Waals surface area contributed by atoms with E-state index < -0.39 is 5.97 Å². The van der Waals surface area contributed by atoms with Crippen LogP contribution in [0.25, 0.3) is 0 Å². The molecule has 3 rings (SSSR count). The van der Waals surface area contributed by atoms with Crippen LogP contribution in [0.3, 0.4) is 0 Å². The Morgan fingerprint density at radius 3 is 3.05 bits per heavy atom. The van der Waals surface area contributed by atoms with Crippen molar-refractivity contribution in [1.29, 1.82) is 0 Å². The van der Waals surface area contributed by atoms with E-state index in [-0.39, 0.29) is 11.7 Å². The first-order valence-corrected chi connectivity index (χ1v) is 6.93. The second-order valence-corrected chi connectivity index (χ2v) is 5.45. The number of carboxylic acid groups (broad SMARTS) is 1. The molecule has 0 aromatic carbocycles. The zero-order chi connectivity index (χ0) is 13.4. The number of aromatic carboxylic acids is 1. The van der Waals surface area contributed by atoms with Crippen molar-refractivity contribution in [2.45, 2.75) is 19.4 Å². The summed E-state index contributed by atoms with van der Waals surface area (Å²) in [5.74, 6) is -0.578. The quantitative estimate of drug-likeness (QED) is 0.911. The molecule has 2 aromatic rings. The molecule has 1 atom stereocenters. The molecule has 0 bridgehead atoms. The lowest BCUT2D eigenvalue weighted by Gasteiger charge is -2.34. The van der Waals surface area contributed by atoms with Gasteiger partial charge in [-0.3, -0.25) is 0 Å². The number of hydrogen-bond donors (Lipinski definition) is 1. The average molecular weight is 275 g/mol. The summed E-state index contributed by atoms with van der Waals surface area (Å²) in [7, 11) is 0. The third-order valence-electron chi connectivity index (χ3n) is 3.43. The maximum Gasteiger partial charge on any atom is 0.358 e. The molecule has 1 aliphatic heterocycles. The summed E-state index contributed by atoms with van der Waals surface area (Å²) in [5, 5.41) is 11.3. The third kappa shape index (κ3) is 1.98. The van der Waals surface area contributed by atoms with Crippen molar-refractivity contribution < 1.29 is 9.90 Å². The van der Waals surface area contributed by atoms with E-state index in [2.05, 4.69) is 28.3 Å². The van der Waals surface area contributed by atoms with Crippen LogP contribution in [-0.2, 0) is 6.42 Å². The van der Waals surface area contributed by atoms with Crippen LogP contribution in [0, 0.1) is 0 Å². The third-order valence-corrected chi connectivity index (χ3v) is 4.43. The topological polar surface area (TPSA) is 66.3 Å². The molecule has 1 N–H and O–H groups in total. The van der Waals surface area contributed by atoms with Crippen LogP contribution in [-0.4, -0.2) is 27.6 Å². The summed E-state index contributed by atoms with van der Waals surface area (Å²) in [6.45, 7) is 2.85. The molecule has 5 nitrogen and oxygen atoms in total. The number of fused-ring (bicyclic) bond motifs is 1. The summed E-state index contributed by atoms with van der Waals surface area (Å²) in [6, 6.07) is 2.23. The minimum atomic E-state index is -1.04. The molecule has 19 heavy (non-hydrogen) atoms. The van der Waals surface area contributed by atoms with E-state index in [1.54, 1.807) is 11.3 Å². The van der Waals surface area contributed by atoms with Gasteiger partial charge in [0.1, 0.15) is 0 Å². The largest absolute Gasteiger partial charge is 0.476 e.